The molecule has 3 N–H and O–H groups in total. The Morgan fingerprint density at radius 3 is 2.52 bits per heavy atom. The molecule has 5 nitrogen and oxygen atoms in total. The lowest BCUT2D eigenvalue weighted by atomic mass is 9.79. The van der Waals surface area contributed by atoms with Gasteiger partial charge >= 0.3 is 0 Å². The fourth-order valence-electron chi connectivity index (χ4n) is 2.81. The summed E-state index contributed by atoms with van der Waals surface area (Å²) in [7, 11) is 0. The molecule has 0 fully saturated rings. The molecule has 0 aliphatic carbocycles. The van der Waals surface area contributed by atoms with Crippen molar-refractivity contribution >= 4 is 11.6 Å². The molecule has 0 saturated carbocycles. The van der Waals surface area contributed by atoms with E-state index in [0.717, 1.165) is 16.8 Å². The van der Waals surface area contributed by atoms with E-state index in [4.69, 9.17) is 22.1 Å². The molecular formula is C17H17ClN4O. The van der Waals surface area contributed by atoms with Crippen molar-refractivity contribution in [3.8, 4) is 11.9 Å². The molecule has 0 amide bonds. The van der Waals surface area contributed by atoms with Crippen LogP contribution in [0.15, 0.2) is 35.7 Å². The van der Waals surface area contributed by atoms with E-state index in [1.165, 1.54) is 0 Å². The third-order valence-corrected chi connectivity index (χ3v) is 4.14. The largest absolute Gasteiger partial charge is 0.420 e. The van der Waals surface area contributed by atoms with E-state index in [1.807, 2.05) is 12.1 Å². The monoisotopic (exact) mass is 328 g/mol. The van der Waals surface area contributed by atoms with Crippen LogP contribution >= 0.6 is 11.6 Å². The Balaban J connectivity index is 2.26. The van der Waals surface area contributed by atoms with Gasteiger partial charge in [0.2, 0.25) is 11.8 Å². The average molecular weight is 329 g/mol. The van der Waals surface area contributed by atoms with Crippen LogP contribution in [0.2, 0.25) is 5.02 Å². The van der Waals surface area contributed by atoms with E-state index < -0.39 is 0 Å². The summed E-state index contributed by atoms with van der Waals surface area (Å²) in [5.41, 5.74) is 8.83. The van der Waals surface area contributed by atoms with Crippen LogP contribution in [0.1, 0.15) is 43.5 Å². The van der Waals surface area contributed by atoms with Gasteiger partial charge in [-0.25, -0.2) is 0 Å². The molecule has 1 aliphatic heterocycles. The number of halogens is 1. The summed E-state index contributed by atoms with van der Waals surface area (Å²) in [6.45, 7) is 6.23. The summed E-state index contributed by atoms with van der Waals surface area (Å²) in [6, 6.07) is 9.57. The average Bonchev–Trinajstić information content (AvgIpc) is 2.90. The number of ether oxygens (including phenoxy) is 1. The molecule has 23 heavy (non-hydrogen) atoms. The molecular weight excluding hydrogens is 312 g/mol. The highest BCUT2D eigenvalue weighted by molar-refractivity contribution is 6.30. The fraction of sp³-hybridized carbons (Fsp3) is 0.294. The number of allylic oxidation sites excluding steroid dienone is 1. The molecule has 118 valence electrons. The molecule has 3 rings (SSSR count). The van der Waals surface area contributed by atoms with Crippen LogP contribution in [0.3, 0.4) is 0 Å². The Kier molecular flexibility index (Phi) is 3.57. The highest BCUT2D eigenvalue weighted by atomic mass is 35.5. The van der Waals surface area contributed by atoms with E-state index in [-0.39, 0.29) is 17.2 Å². The molecule has 0 bridgehead atoms. The van der Waals surface area contributed by atoms with Crippen molar-refractivity contribution in [1.82, 2.24) is 10.2 Å². The predicted octanol–water partition coefficient (Wildman–Crippen LogP) is 3.58. The molecule has 2 aromatic rings. The SMILES string of the molecule is CC(C)(C)c1[nH]nc2c1[C@@H](c1ccc(Cl)cc1)C(C#N)=C(N)O2. The molecule has 6 heteroatoms. The van der Waals surface area contributed by atoms with Gasteiger partial charge < -0.3 is 10.5 Å². The number of rotatable bonds is 1. The normalized spacial score (nSPS) is 17.4. The Morgan fingerprint density at radius 2 is 1.96 bits per heavy atom. The van der Waals surface area contributed by atoms with Crippen LogP contribution in [0.4, 0.5) is 0 Å². The first-order valence-corrected chi connectivity index (χ1v) is 7.62. The van der Waals surface area contributed by atoms with Crippen LogP contribution in [-0.4, -0.2) is 10.2 Å². The number of H-pyrrole nitrogens is 1. The van der Waals surface area contributed by atoms with Gasteiger partial charge in [-0.15, -0.1) is 5.10 Å². The zero-order chi connectivity index (χ0) is 16.8. The molecule has 0 unspecified atom stereocenters. The lowest BCUT2D eigenvalue weighted by molar-refractivity contribution is 0.378. The second-order valence-corrected chi connectivity index (χ2v) is 6.98. The van der Waals surface area contributed by atoms with Gasteiger partial charge in [0.05, 0.1) is 11.5 Å². The molecule has 0 spiro atoms. The van der Waals surface area contributed by atoms with Crippen molar-refractivity contribution in [2.45, 2.75) is 32.1 Å². The first-order valence-electron chi connectivity index (χ1n) is 7.24. The van der Waals surface area contributed by atoms with Gasteiger partial charge in [0, 0.05) is 16.1 Å². The lowest BCUT2D eigenvalue weighted by Crippen LogP contribution is -2.23. The molecule has 1 aromatic heterocycles. The third-order valence-electron chi connectivity index (χ3n) is 3.89. The van der Waals surface area contributed by atoms with E-state index in [1.54, 1.807) is 12.1 Å². The third kappa shape index (κ3) is 2.55. The van der Waals surface area contributed by atoms with Gasteiger partial charge in [-0.3, -0.25) is 5.10 Å². The van der Waals surface area contributed by atoms with Crippen LogP contribution in [0.5, 0.6) is 5.88 Å². The van der Waals surface area contributed by atoms with Crippen molar-refractivity contribution in [3.63, 3.8) is 0 Å². The standard InChI is InChI=1S/C17H17ClN4O/c1-17(2,3)14-13-12(9-4-6-10(18)7-5-9)11(8-19)15(20)23-16(13)22-21-14/h4-7,12H,20H2,1-3H3,(H,21,22)/t12-/m0/s1. The number of aromatic amines is 1. The highest BCUT2D eigenvalue weighted by Gasteiger charge is 2.37. The molecule has 0 radical (unpaired) electrons. The van der Waals surface area contributed by atoms with Crippen LogP contribution in [0, 0.1) is 11.3 Å². The highest BCUT2D eigenvalue weighted by Crippen LogP contribution is 2.45. The van der Waals surface area contributed by atoms with Crippen LogP contribution in [0.25, 0.3) is 0 Å². The van der Waals surface area contributed by atoms with E-state index in [2.05, 4.69) is 37.0 Å². The first kappa shape index (κ1) is 15.4. The second-order valence-electron chi connectivity index (χ2n) is 6.54. The fourth-order valence-corrected chi connectivity index (χ4v) is 2.93. The summed E-state index contributed by atoms with van der Waals surface area (Å²) >= 11 is 5.99. The number of hydrogen-bond donors (Lipinski definition) is 2. The maximum Gasteiger partial charge on any atom is 0.244 e. The van der Waals surface area contributed by atoms with Crippen LogP contribution < -0.4 is 10.5 Å². The van der Waals surface area contributed by atoms with E-state index in [0.29, 0.717) is 16.5 Å². The Labute approximate surface area is 139 Å². The van der Waals surface area contributed by atoms with Crippen molar-refractivity contribution in [2.24, 2.45) is 5.73 Å². The Morgan fingerprint density at radius 1 is 1.30 bits per heavy atom. The summed E-state index contributed by atoms with van der Waals surface area (Å²) in [5, 5.41) is 17.5. The van der Waals surface area contributed by atoms with Gasteiger partial charge in [-0.1, -0.05) is 44.5 Å². The number of hydrogen-bond acceptors (Lipinski definition) is 4. The number of aromatic nitrogens is 2. The maximum absolute atomic E-state index is 9.58. The van der Waals surface area contributed by atoms with Crippen molar-refractivity contribution in [3.05, 3.63) is 57.6 Å². The minimum atomic E-state index is -0.325. The molecule has 1 aromatic carbocycles. The Hall–Kier alpha value is -2.45. The summed E-state index contributed by atoms with van der Waals surface area (Å²) in [4.78, 5) is 0. The van der Waals surface area contributed by atoms with Gasteiger partial charge in [0.1, 0.15) is 11.6 Å². The lowest BCUT2D eigenvalue weighted by Gasteiger charge is -2.27. The number of benzene rings is 1. The topological polar surface area (TPSA) is 87.7 Å². The molecule has 2 heterocycles. The summed E-state index contributed by atoms with van der Waals surface area (Å²) in [6.07, 6.45) is 0. The van der Waals surface area contributed by atoms with Gasteiger partial charge in [-0.2, -0.15) is 5.26 Å². The van der Waals surface area contributed by atoms with Crippen molar-refractivity contribution in [2.75, 3.05) is 0 Å². The van der Waals surface area contributed by atoms with Crippen LogP contribution in [-0.2, 0) is 5.41 Å². The van der Waals surface area contributed by atoms with Gasteiger partial charge in [0.25, 0.3) is 0 Å². The molecule has 0 saturated heterocycles. The molecule has 1 aliphatic rings. The van der Waals surface area contributed by atoms with E-state index in [9.17, 15) is 5.26 Å². The summed E-state index contributed by atoms with van der Waals surface area (Å²) in [5.74, 6) is 0.187. The smallest absolute Gasteiger partial charge is 0.244 e. The number of nitriles is 1. The quantitative estimate of drug-likeness (QED) is 0.837. The zero-order valence-electron chi connectivity index (χ0n) is 13.1. The van der Waals surface area contributed by atoms with Gasteiger partial charge in [-0.05, 0) is 17.7 Å². The first-order chi connectivity index (χ1) is 10.8. The van der Waals surface area contributed by atoms with Crippen molar-refractivity contribution in [1.29, 1.82) is 5.26 Å². The van der Waals surface area contributed by atoms with Crippen molar-refractivity contribution < 1.29 is 4.74 Å². The predicted molar refractivity (Wildman–Crippen MR) is 88.0 cm³/mol. The minimum Gasteiger partial charge on any atom is -0.420 e. The number of nitrogens with one attached hydrogen (secondary N) is 1. The number of nitrogens with two attached hydrogens (primary N) is 1. The van der Waals surface area contributed by atoms with E-state index >= 15 is 0 Å². The molecule has 1 atom stereocenters. The second kappa shape index (κ2) is 5.32. The number of fused-ring (bicyclic) bond motifs is 1. The maximum atomic E-state index is 9.58. The Bertz CT molecular complexity index is 822. The minimum absolute atomic E-state index is 0.0897. The zero-order valence-corrected chi connectivity index (χ0v) is 13.9. The van der Waals surface area contributed by atoms with Gasteiger partial charge in [0.15, 0.2) is 0 Å². The number of nitrogens with zero attached hydrogens (tertiary/aromatic N) is 2. The summed E-state index contributed by atoms with van der Waals surface area (Å²) < 4.78 is 5.55.